The molecule has 0 bridgehead atoms. The van der Waals surface area contributed by atoms with Crippen molar-refractivity contribution in [3.8, 4) is 0 Å². The number of likely N-dealkylation sites (N-methyl/N-ethyl adjacent to an activating group) is 1. The molecule has 0 aliphatic heterocycles. The van der Waals surface area contributed by atoms with E-state index in [1.807, 2.05) is 0 Å². The van der Waals surface area contributed by atoms with Crippen LogP contribution in [0.5, 0.6) is 0 Å². The summed E-state index contributed by atoms with van der Waals surface area (Å²) in [5.41, 5.74) is 0. The maximum absolute atomic E-state index is 12.6. The molecule has 48 heavy (non-hydrogen) atoms. The topological polar surface area (TPSA) is 52.6 Å². The Labute approximate surface area is 316 Å². The van der Waals surface area contributed by atoms with Crippen LogP contribution in [0.4, 0.5) is 0 Å². The number of hydrogen-bond donors (Lipinski definition) is 0. The molecule has 284 valence electrons. The average Bonchev–Trinajstić information content (AvgIpc) is 3.03. The molecule has 0 amide bonds. The van der Waals surface area contributed by atoms with E-state index >= 15 is 0 Å². The van der Waals surface area contributed by atoms with Gasteiger partial charge in [0.05, 0.1) is 21.1 Å². The molecule has 0 aliphatic carbocycles. The summed E-state index contributed by atoms with van der Waals surface area (Å²) in [6.07, 6.45) is 42.1. The second-order valence-corrected chi connectivity index (χ2v) is 14.9. The zero-order valence-electron chi connectivity index (χ0n) is 32.6. The number of esters is 2. The first kappa shape index (κ1) is 49.2. The number of allylic oxidation sites excluding steroid dienone is 4. The van der Waals surface area contributed by atoms with Crippen molar-refractivity contribution in [2.75, 3.05) is 34.3 Å². The van der Waals surface area contributed by atoms with E-state index in [2.05, 4.69) is 59.3 Å². The number of rotatable bonds is 35. The number of hydrogen-bond acceptors (Lipinski definition) is 4. The second kappa shape index (κ2) is 37.4. The number of halogens is 1. The number of quaternary nitrogens is 1. The quantitative estimate of drug-likeness (QED) is 0.0211. The zero-order chi connectivity index (χ0) is 34.7. The first-order chi connectivity index (χ1) is 22.8. The van der Waals surface area contributed by atoms with Crippen LogP contribution in [0.25, 0.3) is 0 Å². The minimum absolute atomic E-state index is 0. The molecule has 0 heterocycles. The van der Waals surface area contributed by atoms with Gasteiger partial charge in [0.2, 0.25) is 0 Å². The summed E-state index contributed by atoms with van der Waals surface area (Å²) in [7, 11) is 6.20. The lowest BCUT2D eigenvalue weighted by Gasteiger charge is -2.28. The van der Waals surface area contributed by atoms with E-state index in [1.54, 1.807) is 0 Å². The van der Waals surface area contributed by atoms with Crippen molar-refractivity contribution in [3.05, 3.63) is 24.3 Å². The smallest absolute Gasteiger partial charge is 0.306 e. The maximum atomic E-state index is 12.6. The van der Waals surface area contributed by atoms with Crippen molar-refractivity contribution in [2.24, 2.45) is 0 Å². The number of carbonyl (C=O) groups is 2. The third kappa shape index (κ3) is 39.5. The monoisotopic (exact) mass is 790 g/mol. The Balaban J connectivity index is 0. The molecular formula is C42H80INO4. The molecule has 0 aromatic carbocycles. The average molecular weight is 790 g/mol. The van der Waals surface area contributed by atoms with Gasteiger partial charge in [-0.25, -0.2) is 0 Å². The van der Waals surface area contributed by atoms with Crippen LogP contribution in [0, 0.1) is 0 Å². The highest BCUT2D eigenvalue weighted by atomic mass is 127. The molecule has 0 saturated heterocycles. The summed E-state index contributed by atoms with van der Waals surface area (Å²) in [4.78, 5) is 24.9. The van der Waals surface area contributed by atoms with Crippen LogP contribution in [0.15, 0.2) is 24.3 Å². The molecular weight excluding hydrogens is 709 g/mol. The van der Waals surface area contributed by atoms with E-state index in [0.717, 1.165) is 38.5 Å². The van der Waals surface area contributed by atoms with Crippen molar-refractivity contribution in [1.29, 1.82) is 0 Å². The predicted octanol–water partition coefficient (Wildman–Crippen LogP) is 9.23. The minimum atomic E-state index is -0.399. The Morgan fingerprint density at radius 2 is 0.833 bits per heavy atom. The van der Waals surface area contributed by atoms with Crippen LogP contribution in [0.2, 0.25) is 0 Å². The molecule has 0 rings (SSSR count). The number of ether oxygens (including phenoxy) is 2. The van der Waals surface area contributed by atoms with E-state index in [1.165, 1.54) is 128 Å². The Morgan fingerprint density at radius 3 is 1.21 bits per heavy atom. The highest BCUT2D eigenvalue weighted by molar-refractivity contribution is 5.70. The fourth-order valence-corrected chi connectivity index (χ4v) is 5.92. The third-order valence-corrected chi connectivity index (χ3v) is 8.77. The molecule has 0 aliphatic rings. The Morgan fingerprint density at radius 1 is 0.500 bits per heavy atom. The highest BCUT2D eigenvalue weighted by Gasteiger charge is 2.23. The molecule has 0 radical (unpaired) electrons. The fourth-order valence-electron chi connectivity index (χ4n) is 5.92. The van der Waals surface area contributed by atoms with Crippen molar-refractivity contribution in [3.63, 3.8) is 0 Å². The van der Waals surface area contributed by atoms with E-state index < -0.39 is 6.10 Å². The number of carbonyl (C=O) groups excluding carboxylic acids is 2. The van der Waals surface area contributed by atoms with Gasteiger partial charge in [-0.1, -0.05) is 141 Å². The molecule has 0 N–H and O–H groups in total. The van der Waals surface area contributed by atoms with Gasteiger partial charge in [0, 0.05) is 12.8 Å². The molecule has 6 heteroatoms. The standard InChI is InChI=1S/C42H80NO4.HI/c1-6-8-10-12-14-16-18-20-22-24-26-28-30-32-34-36-41(44)46-39-40(38-43(3,4)5)47-42(45)37-35-33-31-29-27-25-23-21-19-17-15-13-11-9-7-2;/h20-23,40H,6-19,24-39H2,1-5H3;1H/q+1;/p-1/b22-20-,23-21-;. The van der Waals surface area contributed by atoms with Crippen molar-refractivity contribution >= 4 is 11.9 Å². The van der Waals surface area contributed by atoms with Crippen LogP contribution in [0.1, 0.15) is 194 Å². The number of unbranched alkanes of at least 4 members (excludes halogenated alkanes) is 22. The van der Waals surface area contributed by atoms with Gasteiger partial charge < -0.3 is 37.9 Å². The van der Waals surface area contributed by atoms with Gasteiger partial charge in [-0.05, 0) is 64.2 Å². The lowest BCUT2D eigenvalue weighted by Crippen LogP contribution is -3.00. The predicted molar refractivity (Wildman–Crippen MR) is 203 cm³/mol. The molecule has 0 fully saturated rings. The Hall–Kier alpha value is -0.890. The lowest BCUT2D eigenvalue weighted by atomic mass is 10.1. The summed E-state index contributed by atoms with van der Waals surface area (Å²) in [6.45, 7) is 5.31. The van der Waals surface area contributed by atoms with Gasteiger partial charge in [0.1, 0.15) is 13.2 Å². The van der Waals surface area contributed by atoms with E-state index in [4.69, 9.17) is 9.47 Å². The van der Waals surface area contributed by atoms with E-state index in [9.17, 15) is 9.59 Å². The van der Waals surface area contributed by atoms with Gasteiger partial charge in [0.25, 0.3) is 0 Å². The largest absolute Gasteiger partial charge is 1.00 e. The molecule has 0 aromatic rings. The normalized spacial score (nSPS) is 12.4. The van der Waals surface area contributed by atoms with E-state index in [0.29, 0.717) is 23.9 Å². The molecule has 1 atom stereocenters. The van der Waals surface area contributed by atoms with Gasteiger partial charge in [-0.2, -0.15) is 0 Å². The van der Waals surface area contributed by atoms with Crippen LogP contribution in [0.3, 0.4) is 0 Å². The summed E-state index contributed by atoms with van der Waals surface area (Å²) in [5.74, 6) is -0.350. The first-order valence-corrected chi connectivity index (χ1v) is 20.2. The van der Waals surface area contributed by atoms with Crippen LogP contribution >= 0.6 is 0 Å². The maximum Gasteiger partial charge on any atom is 0.306 e. The molecule has 0 aromatic heterocycles. The Bertz CT molecular complexity index is 761. The second-order valence-electron chi connectivity index (χ2n) is 14.9. The van der Waals surface area contributed by atoms with E-state index in [-0.39, 0.29) is 42.5 Å². The van der Waals surface area contributed by atoms with Crippen LogP contribution in [-0.2, 0) is 19.1 Å². The SMILES string of the molecule is CCCCCCCC/C=C\CCCCCCCC(=O)OCC(C[N+](C)(C)C)OC(=O)CCCCCCC/C=C\CCCCCCCC.[I-]. The summed E-state index contributed by atoms with van der Waals surface area (Å²) < 4.78 is 12.0. The fraction of sp³-hybridized carbons (Fsp3) is 0.857. The molecule has 1 unspecified atom stereocenters. The van der Waals surface area contributed by atoms with Gasteiger partial charge >= 0.3 is 11.9 Å². The lowest BCUT2D eigenvalue weighted by molar-refractivity contribution is -0.873. The highest BCUT2D eigenvalue weighted by Crippen LogP contribution is 2.13. The molecule has 5 nitrogen and oxygen atoms in total. The van der Waals surface area contributed by atoms with Crippen molar-refractivity contribution < 1.29 is 47.5 Å². The van der Waals surface area contributed by atoms with Crippen molar-refractivity contribution in [2.45, 2.75) is 200 Å². The van der Waals surface area contributed by atoms with Gasteiger partial charge in [-0.15, -0.1) is 0 Å². The summed E-state index contributed by atoms with van der Waals surface area (Å²) >= 11 is 0. The van der Waals surface area contributed by atoms with Gasteiger partial charge in [-0.3, -0.25) is 9.59 Å². The molecule has 0 saturated carbocycles. The van der Waals surface area contributed by atoms with Gasteiger partial charge in [0.15, 0.2) is 6.10 Å². The summed E-state index contributed by atoms with van der Waals surface area (Å²) in [5, 5.41) is 0. The third-order valence-electron chi connectivity index (χ3n) is 8.77. The van der Waals surface area contributed by atoms with Crippen molar-refractivity contribution in [1.82, 2.24) is 0 Å². The van der Waals surface area contributed by atoms with Crippen LogP contribution in [-0.4, -0.2) is 56.8 Å². The number of nitrogens with zero attached hydrogens (tertiary/aromatic N) is 1. The minimum Gasteiger partial charge on any atom is -1.00 e. The summed E-state index contributed by atoms with van der Waals surface area (Å²) in [6, 6.07) is 0. The Kier molecular flexibility index (Phi) is 38.3. The zero-order valence-corrected chi connectivity index (χ0v) is 34.7. The first-order valence-electron chi connectivity index (χ1n) is 20.2. The molecule has 0 spiro atoms. The van der Waals surface area contributed by atoms with Crippen LogP contribution < -0.4 is 24.0 Å².